The van der Waals surface area contributed by atoms with Crippen molar-refractivity contribution < 1.29 is 25.8 Å². The summed E-state index contributed by atoms with van der Waals surface area (Å²) in [6.07, 6.45) is 1.92. The summed E-state index contributed by atoms with van der Waals surface area (Å²) < 4.78 is 8.98. The zero-order valence-electron chi connectivity index (χ0n) is 40.6. The van der Waals surface area contributed by atoms with Crippen molar-refractivity contribution in [2.75, 3.05) is 9.80 Å². The Kier molecular flexibility index (Phi) is 12.1. The van der Waals surface area contributed by atoms with E-state index in [1.807, 2.05) is 24.4 Å². The molecule has 0 N–H and O–H groups in total. The van der Waals surface area contributed by atoms with Crippen LogP contribution in [0.2, 0.25) is 0 Å². The summed E-state index contributed by atoms with van der Waals surface area (Å²) in [5.41, 5.74) is 14.1. The van der Waals surface area contributed by atoms with Crippen LogP contribution in [0.15, 0.2) is 200 Å². The van der Waals surface area contributed by atoms with Crippen LogP contribution in [0.1, 0.15) is 76.3 Å². The van der Waals surface area contributed by atoms with Crippen molar-refractivity contribution in [2.24, 2.45) is 0 Å². The Hall–Kier alpha value is -7.20. The maximum absolute atomic E-state index is 6.75. The number of pyridine rings is 1. The maximum atomic E-state index is 6.75. The van der Waals surface area contributed by atoms with E-state index in [9.17, 15) is 0 Å². The second kappa shape index (κ2) is 18.3. The number of aromatic nitrogens is 2. The summed E-state index contributed by atoms with van der Waals surface area (Å²) in [7, 11) is 0. The van der Waals surface area contributed by atoms with Crippen molar-refractivity contribution in [3.63, 3.8) is 0 Å². The second-order valence-electron chi connectivity index (χ2n) is 20.3. The van der Waals surface area contributed by atoms with Gasteiger partial charge in [-0.2, -0.15) is 12.1 Å². The van der Waals surface area contributed by atoms with E-state index in [1.165, 1.54) is 38.9 Å². The third kappa shape index (κ3) is 8.51. The Balaban J connectivity index is 0.00000567. The standard InChI is InChI=1S/C64H55N4O.Pt/c1-62(2,3)48-34-35-65-61(40-48)68-57-33-30-49(63(4,5)46-22-13-9-14-23-46)39-56(57)55-32-31-54(42-60(55)68)69-53-27-19-26-51(41-53)66-43-67(59-29-18-17-28-58(59)66)52-37-45(44-20-11-8-12-21-44)36-50(38-52)64(6,7)47-24-15-10-16-25-47;/h8-40,43H,1-7H3;/q-3;. The third-order valence-electron chi connectivity index (χ3n) is 14.1. The number of hydrogen-bond acceptors (Lipinski definition) is 4. The Labute approximate surface area is 427 Å². The molecule has 0 spiro atoms. The van der Waals surface area contributed by atoms with Gasteiger partial charge in [-0.15, -0.1) is 48.1 Å². The van der Waals surface area contributed by atoms with Gasteiger partial charge in [-0.25, -0.2) is 4.98 Å². The smallest absolute Gasteiger partial charge is 0.135 e. The van der Waals surface area contributed by atoms with Crippen LogP contribution < -0.4 is 14.5 Å². The molecule has 0 unspecified atom stereocenters. The summed E-state index contributed by atoms with van der Waals surface area (Å²) in [6, 6.07) is 76.5. The van der Waals surface area contributed by atoms with E-state index in [2.05, 4.69) is 258 Å². The van der Waals surface area contributed by atoms with Crippen LogP contribution in [0, 0.1) is 18.8 Å². The number of hydrogen-bond donors (Lipinski definition) is 0. The average Bonchev–Trinajstić information content (AvgIpc) is 3.93. The monoisotopic (exact) mass is 1090 g/mol. The van der Waals surface area contributed by atoms with E-state index in [0.717, 1.165) is 50.4 Å². The predicted octanol–water partition coefficient (Wildman–Crippen LogP) is 16.6. The third-order valence-corrected chi connectivity index (χ3v) is 14.1. The van der Waals surface area contributed by atoms with E-state index in [4.69, 9.17) is 9.72 Å². The van der Waals surface area contributed by atoms with Crippen molar-refractivity contribution in [1.82, 2.24) is 9.55 Å². The summed E-state index contributed by atoms with van der Waals surface area (Å²) in [5, 5.41) is 2.22. The molecule has 0 atom stereocenters. The van der Waals surface area contributed by atoms with Gasteiger partial charge in [0.1, 0.15) is 5.82 Å². The number of ether oxygens (including phenoxy) is 1. The molecule has 0 saturated carbocycles. The molecule has 0 saturated heterocycles. The molecule has 350 valence electrons. The van der Waals surface area contributed by atoms with Gasteiger partial charge in [-0.3, -0.25) is 0 Å². The van der Waals surface area contributed by atoms with Gasteiger partial charge in [-0.1, -0.05) is 175 Å². The molecule has 11 rings (SSSR count). The summed E-state index contributed by atoms with van der Waals surface area (Å²) in [5.74, 6) is 2.03. The minimum atomic E-state index is -0.247. The molecule has 2 aromatic heterocycles. The SMILES string of the molecule is CC(C)(C)c1ccnc(-n2c3[c-]c(Oc4[c-]c(N5[CH-]N(c6cc(-c7ccccc7)cc(C(C)(C)c7ccccc7)c6)c6ccccc65)ccc4)ccc3c3cc(C(C)(C)c4ccccc4)ccc32)c1.[Pt]. The molecule has 1 aliphatic rings. The molecule has 6 heteroatoms. The Morgan fingerprint density at radius 3 is 1.79 bits per heavy atom. The number of benzene rings is 8. The zero-order chi connectivity index (χ0) is 47.5. The van der Waals surface area contributed by atoms with Gasteiger partial charge >= 0.3 is 0 Å². The summed E-state index contributed by atoms with van der Waals surface area (Å²) >= 11 is 0. The van der Waals surface area contributed by atoms with Crippen LogP contribution in [0.25, 0.3) is 38.8 Å². The first-order chi connectivity index (χ1) is 33.3. The summed E-state index contributed by atoms with van der Waals surface area (Å²) in [4.78, 5) is 9.46. The van der Waals surface area contributed by atoms with Gasteiger partial charge in [0.05, 0.1) is 0 Å². The first-order valence-corrected chi connectivity index (χ1v) is 23.9. The van der Waals surface area contributed by atoms with Crippen LogP contribution in [0.4, 0.5) is 22.7 Å². The van der Waals surface area contributed by atoms with Crippen molar-refractivity contribution in [2.45, 2.75) is 64.7 Å². The predicted molar refractivity (Wildman–Crippen MR) is 286 cm³/mol. The van der Waals surface area contributed by atoms with Gasteiger partial charge in [-0.05, 0) is 92.2 Å². The topological polar surface area (TPSA) is 33.5 Å². The van der Waals surface area contributed by atoms with Gasteiger partial charge in [0.2, 0.25) is 0 Å². The van der Waals surface area contributed by atoms with E-state index >= 15 is 0 Å². The first kappa shape index (κ1) is 46.5. The average molecular weight is 1090 g/mol. The van der Waals surface area contributed by atoms with Crippen molar-refractivity contribution in [1.29, 1.82) is 0 Å². The largest absolute Gasteiger partial charge is 0.509 e. The normalized spacial score (nSPS) is 12.8. The number of nitrogens with zero attached hydrogens (tertiary/aromatic N) is 4. The molecule has 0 bridgehead atoms. The molecule has 10 aromatic rings. The van der Waals surface area contributed by atoms with Gasteiger partial charge in [0, 0.05) is 72.2 Å². The second-order valence-corrected chi connectivity index (χ2v) is 20.3. The minimum Gasteiger partial charge on any atom is -0.509 e. The molecule has 0 amide bonds. The molecule has 70 heavy (non-hydrogen) atoms. The molecule has 1 aliphatic heterocycles. The Morgan fingerprint density at radius 1 is 0.471 bits per heavy atom. The van der Waals surface area contributed by atoms with E-state index in [1.54, 1.807) is 0 Å². The van der Waals surface area contributed by atoms with Crippen molar-refractivity contribution in [3.8, 4) is 28.4 Å². The van der Waals surface area contributed by atoms with Crippen LogP contribution >= 0.6 is 0 Å². The van der Waals surface area contributed by atoms with Crippen LogP contribution in [0.5, 0.6) is 11.5 Å². The van der Waals surface area contributed by atoms with Crippen molar-refractivity contribution in [3.05, 3.63) is 247 Å². The molecule has 0 fully saturated rings. The fourth-order valence-electron chi connectivity index (χ4n) is 9.83. The van der Waals surface area contributed by atoms with E-state index in [-0.39, 0.29) is 37.3 Å². The molecule has 8 aromatic carbocycles. The van der Waals surface area contributed by atoms with Gasteiger partial charge < -0.3 is 19.1 Å². The number of anilines is 4. The van der Waals surface area contributed by atoms with E-state index < -0.39 is 0 Å². The van der Waals surface area contributed by atoms with Gasteiger partial charge in [0.15, 0.2) is 0 Å². The fourth-order valence-corrected chi connectivity index (χ4v) is 9.83. The van der Waals surface area contributed by atoms with E-state index in [0.29, 0.717) is 11.5 Å². The zero-order valence-corrected chi connectivity index (χ0v) is 42.9. The van der Waals surface area contributed by atoms with Crippen LogP contribution in [-0.4, -0.2) is 9.55 Å². The molecule has 3 heterocycles. The summed E-state index contributed by atoms with van der Waals surface area (Å²) in [6.45, 7) is 18.1. The fraction of sp³-hybridized carbons (Fsp3) is 0.156. The van der Waals surface area contributed by atoms with Crippen LogP contribution in [-0.2, 0) is 37.3 Å². The number of para-hydroxylation sites is 2. The minimum absolute atomic E-state index is 0. The maximum Gasteiger partial charge on any atom is 0.135 e. The van der Waals surface area contributed by atoms with Gasteiger partial charge in [0.25, 0.3) is 0 Å². The Bertz CT molecular complexity index is 3500. The molecular weight excluding hydrogens is 1040 g/mol. The quantitative estimate of drug-likeness (QED) is 0.128. The molecule has 5 nitrogen and oxygen atoms in total. The molecule has 0 aliphatic carbocycles. The Morgan fingerprint density at radius 2 is 1.10 bits per heavy atom. The molecule has 0 radical (unpaired) electrons. The van der Waals surface area contributed by atoms with Crippen molar-refractivity contribution >= 4 is 44.6 Å². The van der Waals surface area contributed by atoms with Crippen LogP contribution in [0.3, 0.4) is 0 Å². The number of rotatable bonds is 10. The first-order valence-electron chi connectivity index (χ1n) is 23.9. The molecular formula is C64H55N4OPt-3. The number of fused-ring (bicyclic) bond motifs is 4.